The van der Waals surface area contributed by atoms with Crippen LogP contribution < -0.4 is 5.73 Å². The van der Waals surface area contributed by atoms with Crippen molar-refractivity contribution in [3.05, 3.63) is 21.4 Å². The maximum absolute atomic E-state index is 8.91. The molecule has 0 amide bonds. The fourth-order valence-electron chi connectivity index (χ4n) is 1.92. The first kappa shape index (κ1) is 15.2. The number of aliphatic hydroxyl groups is 1. The molecule has 17 heavy (non-hydrogen) atoms. The minimum absolute atomic E-state index is 0.00689. The van der Waals surface area contributed by atoms with E-state index in [1.807, 2.05) is 6.92 Å². The molecular weight excluding hydrogens is 298 g/mol. The van der Waals surface area contributed by atoms with E-state index in [1.165, 1.54) is 15.3 Å². The van der Waals surface area contributed by atoms with E-state index in [0.717, 1.165) is 12.8 Å². The number of thiophene rings is 1. The highest BCUT2D eigenvalue weighted by atomic mass is 79.9. The van der Waals surface area contributed by atoms with Gasteiger partial charge in [-0.3, -0.25) is 0 Å². The van der Waals surface area contributed by atoms with Crippen molar-refractivity contribution < 1.29 is 5.11 Å². The molecule has 3 N–H and O–H groups in total. The van der Waals surface area contributed by atoms with Crippen LogP contribution in [0.5, 0.6) is 0 Å². The van der Waals surface area contributed by atoms with E-state index in [0.29, 0.717) is 0 Å². The zero-order valence-electron chi connectivity index (χ0n) is 11.0. The van der Waals surface area contributed by atoms with Crippen LogP contribution in [0.2, 0.25) is 0 Å². The molecule has 0 saturated carbocycles. The summed E-state index contributed by atoms with van der Waals surface area (Å²) in [6, 6.07) is 2.18. The van der Waals surface area contributed by atoms with Crippen molar-refractivity contribution >= 4 is 27.3 Å². The summed E-state index contributed by atoms with van der Waals surface area (Å²) >= 11 is 5.47. The fraction of sp³-hybridized carbons (Fsp3) is 0.692. The molecule has 0 bridgehead atoms. The second-order valence-electron chi connectivity index (χ2n) is 5.34. The van der Waals surface area contributed by atoms with Gasteiger partial charge in [-0.2, -0.15) is 0 Å². The van der Waals surface area contributed by atoms with Gasteiger partial charge in [0, 0.05) is 21.9 Å². The molecule has 1 atom stereocenters. The molecule has 0 aromatic carbocycles. The number of hydrogen-bond donors (Lipinski definition) is 2. The first-order chi connectivity index (χ1) is 7.68. The van der Waals surface area contributed by atoms with E-state index in [-0.39, 0.29) is 16.5 Å². The van der Waals surface area contributed by atoms with Gasteiger partial charge in [-0.05, 0) is 52.2 Å². The average molecular weight is 320 g/mol. The molecule has 1 aromatic heterocycles. The maximum atomic E-state index is 8.91. The summed E-state index contributed by atoms with van der Waals surface area (Å²) in [4.78, 5) is 2.53. The molecule has 1 rings (SSSR count). The summed E-state index contributed by atoms with van der Waals surface area (Å²) < 4.78 is -0.00689. The number of aliphatic hydroxyl groups excluding tert-OH is 1. The van der Waals surface area contributed by atoms with Gasteiger partial charge in [0.05, 0.1) is 4.32 Å². The Morgan fingerprint density at radius 2 is 2.00 bits per heavy atom. The Hall–Kier alpha value is 0.100. The van der Waals surface area contributed by atoms with E-state index in [9.17, 15) is 0 Å². The molecule has 0 radical (unpaired) electrons. The van der Waals surface area contributed by atoms with Crippen LogP contribution >= 0.6 is 27.3 Å². The molecule has 0 aliphatic rings. The number of rotatable bonds is 5. The maximum Gasteiger partial charge on any atom is 0.0545 e. The van der Waals surface area contributed by atoms with Crippen molar-refractivity contribution in [3.8, 4) is 0 Å². The van der Waals surface area contributed by atoms with Crippen LogP contribution in [0.15, 0.2) is 6.07 Å². The lowest BCUT2D eigenvalue weighted by molar-refractivity contribution is 0.266. The molecular formula is C13H22BrNOS. The van der Waals surface area contributed by atoms with Gasteiger partial charge in [-0.1, -0.05) is 15.9 Å². The van der Waals surface area contributed by atoms with Crippen LogP contribution in [0.25, 0.3) is 0 Å². The second-order valence-corrected chi connectivity index (χ2v) is 8.37. The van der Waals surface area contributed by atoms with Gasteiger partial charge in [0.1, 0.15) is 0 Å². The monoisotopic (exact) mass is 319 g/mol. The average Bonchev–Trinajstić information content (AvgIpc) is 2.57. The molecule has 1 heterocycles. The smallest absolute Gasteiger partial charge is 0.0545 e. The third kappa shape index (κ3) is 3.78. The largest absolute Gasteiger partial charge is 0.396 e. The van der Waals surface area contributed by atoms with E-state index in [1.54, 1.807) is 11.3 Å². The fourth-order valence-corrected chi connectivity index (χ4v) is 3.73. The van der Waals surface area contributed by atoms with Crippen LogP contribution in [-0.2, 0) is 9.86 Å². The number of aryl methyl sites for hydroxylation is 1. The van der Waals surface area contributed by atoms with Gasteiger partial charge in [0.2, 0.25) is 0 Å². The van der Waals surface area contributed by atoms with Crippen molar-refractivity contribution in [3.63, 3.8) is 0 Å². The predicted molar refractivity (Wildman–Crippen MR) is 78.9 cm³/mol. The standard InChI is InChI=1S/C13H22BrNOS/c1-9-8-10(13(4,15)6-5-7-16)17-11(9)12(2,3)14/h8,16H,5-7,15H2,1-4H3. The topological polar surface area (TPSA) is 46.2 Å². The summed E-state index contributed by atoms with van der Waals surface area (Å²) in [6.07, 6.45) is 1.56. The molecule has 4 heteroatoms. The summed E-state index contributed by atoms with van der Waals surface area (Å²) in [5.41, 5.74) is 7.28. The van der Waals surface area contributed by atoms with E-state index in [4.69, 9.17) is 10.8 Å². The summed E-state index contributed by atoms with van der Waals surface area (Å²) in [5, 5.41) is 8.91. The highest BCUT2D eigenvalue weighted by Crippen LogP contribution is 2.41. The normalized spacial score (nSPS) is 15.9. The van der Waals surface area contributed by atoms with Crippen LogP contribution in [0.3, 0.4) is 0 Å². The van der Waals surface area contributed by atoms with Crippen LogP contribution in [0, 0.1) is 6.92 Å². The highest BCUT2D eigenvalue weighted by Gasteiger charge is 2.28. The molecule has 1 aromatic rings. The van der Waals surface area contributed by atoms with Gasteiger partial charge in [0.25, 0.3) is 0 Å². The Morgan fingerprint density at radius 1 is 1.41 bits per heavy atom. The third-order valence-corrected chi connectivity index (χ3v) is 5.37. The number of alkyl halides is 1. The Bertz CT molecular complexity index is 379. The lowest BCUT2D eigenvalue weighted by atomic mass is 9.94. The molecule has 0 fully saturated rings. The number of hydrogen-bond acceptors (Lipinski definition) is 3. The summed E-state index contributed by atoms with van der Waals surface area (Å²) in [5.74, 6) is 0. The van der Waals surface area contributed by atoms with E-state index < -0.39 is 0 Å². The molecule has 0 aliphatic carbocycles. The minimum atomic E-state index is -0.339. The Kier molecular flexibility index (Phi) is 4.81. The summed E-state index contributed by atoms with van der Waals surface area (Å²) in [6.45, 7) is 8.67. The first-order valence-corrected chi connectivity index (χ1v) is 7.49. The van der Waals surface area contributed by atoms with Gasteiger partial charge >= 0.3 is 0 Å². The van der Waals surface area contributed by atoms with Crippen LogP contribution in [0.4, 0.5) is 0 Å². The summed E-state index contributed by atoms with van der Waals surface area (Å²) in [7, 11) is 0. The second kappa shape index (κ2) is 5.39. The Labute approximate surface area is 116 Å². The molecule has 0 aliphatic heterocycles. The molecule has 0 spiro atoms. The van der Waals surface area contributed by atoms with Gasteiger partial charge in [0.15, 0.2) is 0 Å². The van der Waals surface area contributed by atoms with Crippen molar-refractivity contribution in [1.29, 1.82) is 0 Å². The molecule has 2 nitrogen and oxygen atoms in total. The lowest BCUT2D eigenvalue weighted by Gasteiger charge is -2.23. The van der Waals surface area contributed by atoms with Crippen molar-refractivity contribution in [2.45, 2.75) is 50.4 Å². The van der Waals surface area contributed by atoms with Gasteiger partial charge in [-0.15, -0.1) is 11.3 Å². The minimum Gasteiger partial charge on any atom is -0.396 e. The Morgan fingerprint density at radius 3 is 2.41 bits per heavy atom. The molecule has 98 valence electrons. The quantitative estimate of drug-likeness (QED) is 0.814. The lowest BCUT2D eigenvalue weighted by Crippen LogP contribution is -2.32. The predicted octanol–water partition coefficient (Wildman–Crippen LogP) is 3.63. The van der Waals surface area contributed by atoms with E-state index in [2.05, 4.69) is 42.8 Å². The zero-order valence-corrected chi connectivity index (χ0v) is 13.4. The SMILES string of the molecule is Cc1cc(C(C)(N)CCCO)sc1C(C)(C)Br. The highest BCUT2D eigenvalue weighted by molar-refractivity contribution is 9.09. The van der Waals surface area contributed by atoms with E-state index >= 15 is 0 Å². The van der Waals surface area contributed by atoms with Crippen LogP contribution in [-0.4, -0.2) is 11.7 Å². The molecule has 1 unspecified atom stereocenters. The van der Waals surface area contributed by atoms with Crippen LogP contribution in [0.1, 0.15) is 48.9 Å². The molecule has 0 saturated heterocycles. The van der Waals surface area contributed by atoms with Crippen molar-refractivity contribution in [2.24, 2.45) is 5.73 Å². The van der Waals surface area contributed by atoms with Crippen molar-refractivity contribution in [2.75, 3.05) is 6.61 Å². The third-order valence-electron chi connectivity index (χ3n) is 2.87. The van der Waals surface area contributed by atoms with Crippen molar-refractivity contribution in [1.82, 2.24) is 0 Å². The zero-order chi connectivity index (χ0) is 13.3. The number of halogens is 1. The van der Waals surface area contributed by atoms with Gasteiger partial charge < -0.3 is 10.8 Å². The van der Waals surface area contributed by atoms with Gasteiger partial charge in [-0.25, -0.2) is 0 Å². The first-order valence-electron chi connectivity index (χ1n) is 5.88. The number of nitrogens with two attached hydrogens (primary N) is 1. The Balaban J connectivity index is 3.00.